The highest BCUT2D eigenvalue weighted by atomic mass is 16.2. The van der Waals surface area contributed by atoms with E-state index in [1.54, 1.807) is 26.2 Å². The molecule has 0 aliphatic rings. The van der Waals surface area contributed by atoms with Crippen LogP contribution in [0.3, 0.4) is 0 Å². The van der Waals surface area contributed by atoms with Crippen LogP contribution in [0.25, 0.3) is 0 Å². The molecule has 3 amide bonds. The number of carbonyl (C=O) groups excluding carboxylic acids is 2. The summed E-state index contributed by atoms with van der Waals surface area (Å²) in [4.78, 5) is 25.4. The third-order valence-corrected chi connectivity index (χ3v) is 3.50. The predicted molar refractivity (Wildman–Crippen MR) is 85.7 cm³/mol. The summed E-state index contributed by atoms with van der Waals surface area (Å²) < 4.78 is 0. The maximum atomic E-state index is 12.0. The zero-order chi connectivity index (χ0) is 16.2. The number of benzene rings is 1. The molecule has 0 radical (unpaired) electrons. The summed E-state index contributed by atoms with van der Waals surface area (Å²) in [6, 6.07) is 5.12. The fraction of sp³-hybridized carbons (Fsp3) is 0.500. The molecule has 1 aromatic rings. The maximum Gasteiger partial charge on any atom is 0.319 e. The molecular weight excluding hydrogens is 266 g/mol. The fourth-order valence-electron chi connectivity index (χ4n) is 1.68. The van der Waals surface area contributed by atoms with Gasteiger partial charge < -0.3 is 15.5 Å². The Kier molecular flexibility index (Phi) is 5.76. The second-order valence-corrected chi connectivity index (χ2v) is 5.86. The standard InChI is InChI=1S/C16H25N3O2/c1-10(2)12(4)17-16(21)18-14-9-13(8-7-11(14)3)15(20)19(5)6/h7-10,12H,1-6H3,(H2,17,18,21)/t12-/m1/s1. The average Bonchev–Trinajstić information content (AvgIpc) is 2.40. The smallest absolute Gasteiger partial charge is 0.319 e. The first kappa shape index (κ1) is 17.0. The van der Waals surface area contributed by atoms with Gasteiger partial charge in [-0.25, -0.2) is 4.79 Å². The van der Waals surface area contributed by atoms with E-state index in [1.165, 1.54) is 4.90 Å². The molecule has 5 nitrogen and oxygen atoms in total. The molecule has 21 heavy (non-hydrogen) atoms. The van der Waals surface area contributed by atoms with Crippen molar-refractivity contribution in [2.45, 2.75) is 33.7 Å². The van der Waals surface area contributed by atoms with Gasteiger partial charge in [-0.05, 0) is 37.5 Å². The summed E-state index contributed by atoms with van der Waals surface area (Å²) in [5.74, 6) is 0.271. The third kappa shape index (κ3) is 4.77. The molecule has 0 unspecified atom stereocenters. The summed E-state index contributed by atoms with van der Waals surface area (Å²) in [6.45, 7) is 7.95. The molecule has 1 atom stereocenters. The first-order chi connectivity index (χ1) is 9.72. The van der Waals surface area contributed by atoms with Crippen LogP contribution in [0.5, 0.6) is 0 Å². The van der Waals surface area contributed by atoms with E-state index in [-0.39, 0.29) is 18.0 Å². The Morgan fingerprint density at radius 2 is 1.76 bits per heavy atom. The molecule has 0 aliphatic carbocycles. The number of carbonyl (C=O) groups is 2. The van der Waals surface area contributed by atoms with Crippen LogP contribution in [-0.4, -0.2) is 37.0 Å². The molecule has 0 aromatic heterocycles. The SMILES string of the molecule is Cc1ccc(C(=O)N(C)C)cc1NC(=O)N[C@H](C)C(C)C. The average molecular weight is 291 g/mol. The number of nitrogens with zero attached hydrogens (tertiary/aromatic N) is 1. The molecule has 0 saturated carbocycles. The summed E-state index contributed by atoms with van der Waals surface area (Å²) in [6.07, 6.45) is 0. The number of anilines is 1. The lowest BCUT2D eigenvalue weighted by atomic mass is 10.1. The lowest BCUT2D eigenvalue weighted by molar-refractivity contribution is 0.0827. The Labute approximate surface area is 126 Å². The summed E-state index contributed by atoms with van der Waals surface area (Å²) in [7, 11) is 3.40. The molecule has 2 N–H and O–H groups in total. The first-order valence-electron chi connectivity index (χ1n) is 7.12. The van der Waals surface area contributed by atoms with Gasteiger partial charge in [0.05, 0.1) is 0 Å². The van der Waals surface area contributed by atoms with Crippen molar-refractivity contribution < 1.29 is 9.59 Å². The minimum Gasteiger partial charge on any atom is -0.345 e. The van der Waals surface area contributed by atoms with E-state index < -0.39 is 0 Å². The number of aryl methyl sites for hydroxylation is 1. The lowest BCUT2D eigenvalue weighted by Gasteiger charge is -2.19. The van der Waals surface area contributed by atoms with Crippen LogP contribution in [0.2, 0.25) is 0 Å². The minimum absolute atomic E-state index is 0.0805. The van der Waals surface area contributed by atoms with E-state index in [1.807, 2.05) is 33.8 Å². The van der Waals surface area contributed by atoms with Gasteiger partial charge in [0.1, 0.15) is 0 Å². The molecule has 0 bridgehead atoms. The molecule has 0 heterocycles. The monoisotopic (exact) mass is 291 g/mol. The van der Waals surface area contributed by atoms with Crippen LogP contribution >= 0.6 is 0 Å². The highest BCUT2D eigenvalue weighted by Crippen LogP contribution is 2.18. The van der Waals surface area contributed by atoms with Crippen molar-refractivity contribution in [1.82, 2.24) is 10.2 Å². The van der Waals surface area contributed by atoms with E-state index >= 15 is 0 Å². The van der Waals surface area contributed by atoms with Gasteiger partial charge in [-0.2, -0.15) is 0 Å². The molecule has 0 spiro atoms. The Morgan fingerprint density at radius 3 is 2.29 bits per heavy atom. The van der Waals surface area contributed by atoms with Crippen LogP contribution in [0, 0.1) is 12.8 Å². The van der Waals surface area contributed by atoms with Gasteiger partial charge in [-0.3, -0.25) is 4.79 Å². The lowest BCUT2D eigenvalue weighted by Crippen LogP contribution is -2.39. The van der Waals surface area contributed by atoms with Crippen molar-refractivity contribution >= 4 is 17.6 Å². The zero-order valence-corrected chi connectivity index (χ0v) is 13.7. The number of urea groups is 1. The second kappa shape index (κ2) is 7.11. The van der Waals surface area contributed by atoms with Gasteiger partial charge in [0, 0.05) is 31.4 Å². The molecule has 0 fully saturated rings. The van der Waals surface area contributed by atoms with Gasteiger partial charge in [0.25, 0.3) is 5.91 Å². The molecule has 0 saturated heterocycles. The Hall–Kier alpha value is -2.04. The first-order valence-corrected chi connectivity index (χ1v) is 7.12. The quantitative estimate of drug-likeness (QED) is 0.896. The van der Waals surface area contributed by atoms with Gasteiger partial charge in [-0.1, -0.05) is 19.9 Å². The van der Waals surface area contributed by atoms with Crippen molar-refractivity contribution in [3.8, 4) is 0 Å². The number of hydrogen-bond donors (Lipinski definition) is 2. The minimum atomic E-state index is -0.256. The van der Waals surface area contributed by atoms with Crippen molar-refractivity contribution in [3.63, 3.8) is 0 Å². The summed E-state index contributed by atoms with van der Waals surface area (Å²) in [5.41, 5.74) is 2.12. The van der Waals surface area contributed by atoms with Gasteiger partial charge in [0.15, 0.2) is 0 Å². The van der Waals surface area contributed by atoms with E-state index in [4.69, 9.17) is 0 Å². The van der Waals surface area contributed by atoms with Crippen LogP contribution < -0.4 is 10.6 Å². The largest absolute Gasteiger partial charge is 0.345 e. The van der Waals surface area contributed by atoms with Gasteiger partial charge >= 0.3 is 6.03 Å². The van der Waals surface area contributed by atoms with Crippen molar-refractivity contribution in [3.05, 3.63) is 29.3 Å². The highest BCUT2D eigenvalue weighted by Gasteiger charge is 2.14. The van der Waals surface area contributed by atoms with E-state index in [2.05, 4.69) is 10.6 Å². The number of amides is 3. The molecule has 0 aliphatic heterocycles. The molecular formula is C16H25N3O2. The topological polar surface area (TPSA) is 61.4 Å². The van der Waals surface area contributed by atoms with E-state index in [9.17, 15) is 9.59 Å². The Morgan fingerprint density at radius 1 is 1.14 bits per heavy atom. The number of nitrogens with one attached hydrogen (secondary N) is 2. The highest BCUT2D eigenvalue weighted by molar-refractivity contribution is 5.97. The third-order valence-electron chi connectivity index (χ3n) is 3.50. The van der Waals surface area contributed by atoms with Crippen molar-refractivity contribution in [1.29, 1.82) is 0 Å². The molecule has 1 rings (SSSR count). The molecule has 5 heteroatoms. The van der Waals surface area contributed by atoms with Crippen LogP contribution in [0.1, 0.15) is 36.7 Å². The van der Waals surface area contributed by atoms with Gasteiger partial charge in [-0.15, -0.1) is 0 Å². The molecule has 1 aromatic carbocycles. The van der Waals surface area contributed by atoms with E-state index in [0.29, 0.717) is 17.2 Å². The predicted octanol–water partition coefficient (Wildman–Crippen LogP) is 2.86. The Balaban J connectivity index is 2.85. The van der Waals surface area contributed by atoms with Crippen molar-refractivity contribution in [2.75, 3.05) is 19.4 Å². The number of rotatable bonds is 4. The van der Waals surface area contributed by atoms with Crippen LogP contribution in [0.4, 0.5) is 10.5 Å². The second-order valence-electron chi connectivity index (χ2n) is 5.86. The van der Waals surface area contributed by atoms with E-state index in [0.717, 1.165) is 5.56 Å². The summed E-state index contributed by atoms with van der Waals surface area (Å²) in [5, 5.41) is 5.69. The van der Waals surface area contributed by atoms with Crippen LogP contribution in [-0.2, 0) is 0 Å². The zero-order valence-electron chi connectivity index (χ0n) is 13.7. The number of hydrogen-bond acceptors (Lipinski definition) is 2. The summed E-state index contributed by atoms with van der Waals surface area (Å²) >= 11 is 0. The Bertz CT molecular complexity index is 524. The molecule has 116 valence electrons. The van der Waals surface area contributed by atoms with Crippen molar-refractivity contribution in [2.24, 2.45) is 5.92 Å². The van der Waals surface area contributed by atoms with Crippen LogP contribution in [0.15, 0.2) is 18.2 Å². The fourth-order valence-corrected chi connectivity index (χ4v) is 1.68. The van der Waals surface area contributed by atoms with Gasteiger partial charge in [0.2, 0.25) is 0 Å². The maximum absolute atomic E-state index is 12.0. The normalized spacial score (nSPS) is 12.0.